The van der Waals surface area contributed by atoms with Gasteiger partial charge >= 0.3 is 5.97 Å². The summed E-state index contributed by atoms with van der Waals surface area (Å²) in [6.45, 7) is 0. The van der Waals surface area contributed by atoms with Crippen molar-refractivity contribution in [2.45, 2.75) is 38.1 Å². The molecule has 0 heterocycles. The van der Waals surface area contributed by atoms with Gasteiger partial charge in [0.25, 0.3) is 0 Å². The maximum Gasteiger partial charge on any atom is 0.330 e. The number of amides is 1. The van der Waals surface area contributed by atoms with Crippen molar-refractivity contribution in [2.75, 3.05) is 0 Å². The molecule has 112 valence electrons. The monoisotopic (exact) mass is 351 g/mol. The lowest BCUT2D eigenvalue weighted by molar-refractivity contribution is -0.142. The second kappa shape index (κ2) is 5.44. The summed E-state index contributed by atoms with van der Waals surface area (Å²) in [5.74, 6) is -1.11. The molecule has 21 heavy (non-hydrogen) atoms. The summed E-state index contributed by atoms with van der Waals surface area (Å²) in [7, 11) is 0. The van der Waals surface area contributed by atoms with Crippen LogP contribution in [0.5, 0.6) is 0 Å². The molecule has 2 N–H and O–H groups in total. The maximum absolute atomic E-state index is 12.3. The fourth-order valence-electron chi connectivity index (χ4n) is 3.54. The number of benzene rings is 1. The Hall–Kier alpha value is -1.36. The van der Waals surface area contributed by atoms with E-state index in [-0.39, 0.29) is 17.2 Å². The van der Waals surface area contributed by atoms with Crippen molar-refractivity contribution in [2.24, 2.45) is 11.3 Å². The Kier molecular flexibility index (Phi) is 3.78. The average Bonchev–Trinajstić information content (AvgIpc) is 2.94. The van der Waals surface area contributed by atoms with Crippen molar-refractivity contribution in [1.82, 2.24) is 5.32 Å². The highest BCUT2D eigenvalue weighted by Gasteiger charge is 2.58. The van der Waals surface area contributed by atoms with Gasteiger partial charge in [-0.25, -0.2) is 4.79 Å². The van der Waals surface area contributed by atoms with Gasteiger partial charge in [0.1, 0.15) is 0 Å². The van der Waals surface area contributed by atoms with Gasteiger partial charge in [0.05, 0.1) is 0 Å². The number of carbonyl (C=O) groups is 2. The van der Waals surface area contributed by atoms with E-state index in [0.717, 1.165) is 23.7 Å². The molecule has 2 fully saturated rings. The standard InChI is InChI=1S/C16H18BrNO3/c17-11-5-3-10(4-6-11)13(15(20)21)18-14(19)12-9-16(12)7-1-2-8-16/h3-6,12-13H,1-2,7-9H2,(H,18,19)(H,20,21). The van der Waals surface area contributed by atoms with Crippen LogP contribution in [0.3, 0.4) is 0 Å². The van der Waals surface area contributed by atoms with Crippen molar-refractivity contribution in [3.63, 3.8) is 0 Å². The summed E-state index contributed by atoms with van der Waals surface area (Å²) in [4.78, 5) is 23.8. The number of carboxylic acids is 1. The summed E-state index contributed by atoms with van der Waals surface area (Å²) >= 11 is 3.32. The smallest absolute Gasteiger partial charge is 0.330 e. The van der Waals surface area contributed by atoms with Crippen molar-refractivity contribution in [1.29, 1.82) is 0 Å². The Morgan fingerprint density at radius 1 is 1.24 bits per heavy atom. The Balaban J connectivity index is 1.70. The quantitative estimate of drug-likeness (QED) is 0.874. The van der Waals surface area contributed by atoms with Gasteiger partial charge in [-0.2, -0.15) is 0 Å². The zero-order valence-corrected chi connectivity index (χ0v) is 13.2. The van der Waals surface area contributed by atoms with Crippen LogP contribution in [0.1, 0.15) is 43.7 Å². The molecule has 0 aromatic heterocycles. The highest BCUT2D eigenvalue weighted by molar-refractivity contribution is 9.10. The number of nitrogens with one attached hydrogen (secondary N) is 1. The van der Waals surface area contributed by atoms with Gasteiger partial charge < -0.3 is 10.4 Å². The summed E-state index contributed by atoms with van der Waals surface area (Å²) in [5.41, 5.74) is 0.785. The van der Waals surface area contributed by atoms with E-state index in [1.165, 1.54) is 12.8 Å². The number of halogens is 1. The molecule has 2 unspecified atom stereocenters. The molecule has 0 saturated heterocycles. The lowest BCUT2D eigenvalue weighted by Gasteiger charge is -2.16. The molecule has 5 heteroatoms. The Bertz CT molecular complexity index is 563. The summed E-state index contributed by atoms with van der Waals surface area (Å²) < 4.78 is 0.883. The van der Waals surface area contributed by atoms with E-state index < -0.39 is 12.0 Å². The highest BCUT2D eigenvalue weighted by Crippen LogP contribution is 2.62. The summed E-state index contributed by atoms with van der Waals surface area (Å²) in [6, 6.07) is 6.05. The third-order valence-corrected chi connectivity index (χ3v) is 5.37. The third-order valence-electron chi connectivity index (χ3n) is 4.84. The van der Waals surface area contributed by atoms with Crippen LogP contribution in [0, 0.1) is 11.3 Å². The van der Waals surface area contributed by atoms with Crippen molar-refractivity contribution in [3.05, 3.63) is 34.3 Å². The van der Waals surface area contributed by atoms with Gasteiger partial charge in [-0.1, -0.05) is 40.9 Å². The van der Waals surface area contributed by atoms with E-state index in [2.05, 4.69) is 21.2 Å². The van der Waals surface area contributed by atoms with Crippen molar-refractivity contribution in [3.8, 4) is 0 Å². The minimum Gasteiger partial charge on any atom is -0.479 e. The first-order chi connectivity index (χ1) is 10.0. The molecule has 1 aromatic carbocycles. The van der Waals surface area contributed by atoms with Gasteiger partial charge in [-0.3, -0.25) is 4.79 Å². The molecule has 2 aliphatic carbocycles. The van der Waals surface area contributed by atoms with Crippen LogP contribution in [0.2, 0.25) is 0 Å². The Morgan fingerprint density at radius 2 is 1.86 bits per heavy atom. The van der Waals surface area contributed by atoms with Crippen LogP contribution < -0.4 is 5.32 Å². The number of hydrogen-bond acceptors (Lipinski definition) is 2. The molecule has 0 bridgehead atoms. The van der Waals surface area contributed by atoms with E-state index in [1.807, 2.05) is 0 Å². The SMILES string of the molecule is O=C(O)C(NC(=O)C1CC12CCCC2)c1ccc(Br)cc1. The lowest BCUT2D eigenvalue weighted by atomic mass is 10.0. The number of carbonyl (C=O) groups excluding carboxylic acids is 1. The minimum absolute atomic E-state index is 0.0114. The first-order valence-electron chi connectivity index (χ1n) is 7.30. The minimum atomic E-state index is -1.02. The normalized spacial score (nSPS) is 23.8. The fourth-order valence-corrected chi connectivity index (χ4v) is 3.80. The molecule has 1 aromatic rings. The molecule has 0 radical (unpaired) electrons. The van der Waals surface area contributed by atoms with Gasteiger partial charge in [-0.15, -0.1) is 0 Å². The topological polar surface area (TPSA) is 66.4 Å². The third kappa shape index (κ3) is 2.84. The number of rotatable bonds is 4. The van der Waals surface area contributed by atoms with Crippen LogP contribution in [0.4, 0.5) is 0 Å². The molecule has 3 rings (SSSR count). The zero-order chi connectivity index (χ0) is 15.0. The molecular weight excluding hydrogens is 334 g/mol. The van der Waals surface area contributed by atoms with Crippen LogP contribution >= 0.6 is 15.9 Å². The zero-order valence-electron chi connectivity index (χ0n) is 11.6. The molecule has 1 spiro atoms. The first-order valence-corrected chi connectivity index (χ1v) is 8.10. The van der Waals surface area contributed by atoms with Gasteiger partial charge in [0.2, 0.25) is 5.91 Å². The predicted octanol–water partition coefficient (Wildman–Crippen LogP) is 3.27. The largest absolute Gasteiger partial charge is 0.479 e. The molecule has 0 aliphatic heterocycles. The second-order valence-electron chi connectivity index (χ2n) is 6.16. The predicted molar refractivity (Wildman–Crippen MR) is 81.7 cm³/mol. The molecular formula is C16H18BrNO3. The highest BCUT2D eigenvalue weighted by atomic mass is 79.9. The number of carboxylic acid groups (broad SMARTS) is 1. The van der Waals surface area contributed by atoms with Gasteiger partial charge in [-0.05, 0) is 42.4 Å². The van der Waals surface area contributed by atoms with Crippen LogP contribution in [0.25, 0.3) is 0 Å². The van der Waals surface area contributed by atoms with Crippen LogP contribution in [-0.4, -0.2) is 17.0 Å². The van der Waals surface area contributed by atoms with Crippen LogP contribution in [0.15, 0.2) is 28.7 Å². The first kappa shape index (κ1) is 14.6. The van der Waals surface area contributed by atoms with E-state index in [9.17, 15) is 14.7 Å². The number of aliphatic carboxylic acids is 1. The van der Waals surface area contributed by atoms with E-state index in [0.29, 0.717) is 5.56 Å². The average molecular weight is 352 g/mol. The molecule has 2 saturated carbocycles. The molecule has 1 amide bonds. The van der Waals surface area contributed by atoms with E-state index in [4.69, 9.17) is 0 Å². The fraction of sp³-hybridized carbons (Fsp3) is 0.500. The second-order valence-corrected chi connectivity index (χ2v) is 7.07. The Labute approximate surface area is 132 Å². The van der Waals surface area contributed by atoms with Gasteiger partial charge in [0.15, 0.2) is 6.04 Å². The van der Waals surface area contributed by atoms with Crippen LogP contribution in [-0.2, 0) is 9.59 Å². The lowest BCUT2D eigenvalue weighted by Crippen LogP contribution is -2.35. The molecule has 4 nitrogen and oxygen atoms in total. The maximum atomic E-state index is 12.3. The summed E-state index contributed by atoms with van der Waals surface area (Å²) in [5, 5.41) is 12.1. The summed E-state index contributed by atoms with van der Waals surface area (Å²) in [6.07, 6.45) is 5.53. The van der Waals surface area contributed by atoms with E-state index in [1.54, 1.807) is 24.3 Å². The molecule has 2 atom stereocenters. The van der Waals surface area contributed by atoms with Crippen molar-refractivity contribution >= 4 is 27.8 Å². The Morgan fingerprint density at radius 3 is 2.43 bits per heavy atom. The molecule has 2 aliphatic rings. The van der Waals surface area contributed by atoms with Crippen molar-refractivity contribution < 1.29 is 14.7 Å². The number of hydrogen-bond donors (Lipinski definition) is 2. The van der Waals surface area contributed by atoms with Gasteiger partial charge in [0, 0.05) is 10.4 Å². The van der Waals surface area contributed by atoms with E-state index >= 15 is 0 Å².